The van der Waals surface area contributed by atoms with Crippen LogP contribution in [0.5, 0.6) is 0 Å². The largest absolute Gasteiger partial charge is 0.466 e. The fourth-order valence-corrected chi connectivity index (χ4v) is 0.258. The Morgan fingerprint density at radius 1 is 1.50 bits per heavy atom. The Balaban J connectivity index is 0. The van der Waals surface area contributed by atoms with E-state index < -0.39 is 7.82 Å². The molecule has 0 atom stereocenters. The van der Waals surface area contributed by atoms with E-state index in [2.05, 4.69) is 17.9 Å². The molecule has 14 heavy (non-hydrogen) atoms. The lowest BCUT2D eigenvalue weighted by Crippen LogP contribution is -2.03. The molecule has 0 aromatic carbocycles. The van der Waals surface area contributed by atoms with Crippen LogP contribution < -0.4 is 0 Å². The van der Waals surface area contributed by atoms with Crippen molar-refractivity contribution >= 4 is 13.8 Å². The van der Waals surface area contributed by atoms with Gasteiger partial charge >= 0.3 is 13.8 Å². The van der Waals surface area contributed by atoms with Gasteiger partial charge in [-0.1, -0.05) is 19.2 Å². The van der Waals surface area contributed by atoms with Crippen molar-refractivity contribution < 1.29 is 28.8 Å². The maximum Gasteiger partial charge on any atom is 0.466 e. The third-order valence-electron chi connectivity index (χ3n) is 0.681. The first-order chi connectivity index (χ1) is 6.18. The topological polar surface area (TPSA) is 104 Å². The molecule has 0 saturated heterocycles. The van der Waals surface area contributed by atoms with Gasteiger partial charge in [-0.2, -0.15) is 0 Å². The minimum absolute atomic E-state index is 0.256. The summed E-state index contributed by atoms with van der Waals surface area (Å²) in [6.45, 7) is 8.64. The van der Waals surface area contributed by atoms with E-state index in [0.717, 1.165) is 0 Å². The zero-order chi connectivity index (χ0) is 11.8. The molecule has 0 heterocycles. The molecule has 0 aliphatic rings. The molecule has 0 fully saturated rings. The second-order valence-electron chi connectivity index (χ2n) is 2.18. The molecule has 0 unspecified atom stereocenters. The van der Waals surface area contributed by atoms with Crippen molar-refractivity contribution in [3.05, 3.63) is 24.8 Å². The molecule has 7 heteroatoms. The number of ether oxygens (including phenoxy) is 1. The number of carbonyl (C=O) groups excluding carboxylic acids is 1. The van der Waals surface area contributed by atoms with Gasteiger partial charge in [0.25, 0.3) is 0 Å². The van der Waals surface area contributed by atoms with Crippen molar-refractivity contribution in [2.45, 2.75) is 6.92 Å². The van der Waals surface area contributed by atoms with Crippen molar-refractivity contribution in [2.24, 2.45) is 0 Å². The highest BCUT2D eigenvalue weighted by Crippen LogP contribution is 2.25. The van der Waals surface area contributed by atoms with Crippen molar-refractivity contribution in [1.29, 1.82) is 0 Å². The van der Waals surface area contributed by atoms with Crippen LogP contribution in [0.25, 0.3) is 0 Å². The van der Waals surface area contributed by atoms with E-state index in [-0.39, 0.29) is 12.6 Å². The molecule has 0 aromatic rings. The van der Waals surface area contributed by atoms with E-state index in [0.29, 0.717) is 5.57 Å². The lowest BCUT2D eigenvalue weighted by atomic mass is 10.4. The van der Waals surface area contributed by atoms with Crippen LogP contribution in [0, 0.1) is 0 Å². The fourth-order valence-electron chi connectivity index (χ4n) is 0.258. The third-order valence-corrected chi connectivity index (χ3v) is 0.681. The van der Waals surface area contributed by atoms with Crippen molar-refractivity contribution in [2.75, 3.05) is 6.61 Å². The maximum atomic E-state index is 10.5. The molecule has 6 nitrogen and oxygen atoms in total. The van der Waals surface area contributed by atoms with Gasteiger partial charge in [-0.3, -0.25) is 0 Å². The Kier molecular flexibility index (Phi) is 8.28. The average molecular weight is 224 g/mol. The molecule has 0 radical (unpaired) electrons. The SMILES string of the molecule is C=CCOC(=O)C(=C)C.O=P(O)(O)O. The van der Waals surface area contributed by atoms with Gasteiger partial charge in [0.05, 0.1) is 0 Å². The van der Waals surface area contributed by atoms with Gasteiger partial charge in [0.1, 0.15) is 6.61 Å². The van der Waals surface area contributed by atoms with E-state index in [1.54, 1.807) is 6.92 Å². The van der Waals surface area contributed by atoms with Crippen LogP contribution in [0.1, 0.15) is 6.92 Å². The second-order valence-corrected chi connectivity index (χ2v) is 3.21. The van der Waals surface area contributed by atoms with Gasteiger partial charge in [0.15, 0.2) is 0 Å². The summed E-state index contributed by atoms with van der Waals surface area (Å²) in [5.74, 6) is -0.366. The quantitative estimate of drug-likeness (QED) is 0.277. The summed E-state index contributed by atoms with van der Waals surface area (Å²) in [6.07, 6.45) is 1.51. The third kappa shape index (κ3) is 22.5. The predicted octanol–water partition coefficient (Wildman–Crippen LogP) is 0.363. The second kappa shape index (κ2) is 7.46. The molecule has 0 rings (SSSR count). The van der Waals surface area contributed by atoms with Crippen LogP contribution in [0.2, 0.25) is 0 Å². The van der Waals surface area contributed by atoms with Crippen LogP contribution in [0.15, 0.2) is 24.8 Å². The molecule has 0 amide bonds. The first kappa shape index (κ1) is 15.5. The highest BCUT2D eigenvalue weighted by atomic mass is 31.2. The summed E-state index contributed by atoms with van der Waals surface area (Å²) < 4.78 is 13.5. The lowest BCUT2D eigenvalue weighted by Gasteiger charge is -1.97. The van der Waals surface area contributed by atoms with Crippen molar-refractivity contribution in [3.63, 3.8) is 0 Å². The van der Waals surface area contributed by atoms with Crippen LogP contribution in [-0.4, -0.2) is 27.3 Å². The van der Waals surface area contributed by atoms with Gasteiger partial charge in [-0.15, -0.1) is 0 Å². The summed E-state index contributed by atoms with van der Waals surface area (Å²) in [6, 6.07) is 0. The molecule has 82 valence electrons. The Labute approximate surface area is 81.8 Å². The van der Waals surface area contributed by atoms with E-state index in [1.165, 1.54) is 6.08 Å². The number of rotatable bonds is 3. The molecule has 3 N–H and O–H groups in total. The predicted molar refractivity (Wildman–Crippen MR) is 50.2 cm³/mol. The van der Waals surface area contributed by atoms with Crippen LogP contribution >= 0.6 is 7.82 Å². The lowest BCUT2D eigenvalue weighted by molar-refractivity contribution is -0.137. The van der Waals surface area contributed by atoms with Crippen LogP contribution in [0.4, 0.5) is 0 Å². The minimum atomic E-state index is -4.64. The molecular formula is C7H13O6P. The summed E-state index contributed by atoms with van der Waals surface area (Å²) in [7, 11) is -4.64. The zero-order valence-electron chi connectivity index (χ0n) is 7.71. The van der Waals surface area contributed by atoms with Gasteiger partial charge < -0.3 is 19.4 Å². The number of esters is 1. The van der Waals surface area contributed by atoms with E-state index in [4.69, 9.17) is 19.2 Å². The standard InChI is InChI=1S/C7H10O2.H3O4P/c1-4-5-9-7(8)6(2)3;1-5(2,3)4/h4H,1-2,5H2,3H3;(H3,1,2,3,4). The van der Waals surface area contributed by atoms with Crippen molar-refractivity contribution in [1.82, 2.24) is 0 Å². The average Bonchev–Trinajstić information content (AvgIpc) is 1.96. The van der Waals surface area contributed by atoms with Gasteiger partial charge in [0, 0.05) is 5.57 Å². The normalized spacial score (nSPS) is 9.43. The van der Waals surface area contributed by atoms with Crippen molar-refractivity contribution in [3.8, 4) is 0 Å². The molecule has 0 aromatic heterocycles. The van der Waals surface area contributed by atoms with Crippen LogP contribution in [-0.2, 0) is 14.1 Å². The summed E-state index contributed by atoms with van der Waals surface area (Å²) in [4.78, 5) is 32.1. The Bertz CT molecular complexity index is 245. The number of hydrogen-bond donors (Lipinski definition) is 3. The molecule has 0 aliphatic carbocycles. The summed E-state index contributed by atoms with van der Waals surface area (Å²) >= 11 is 0. The smallest absolute Gasteiger partial charge is 0.458 e. The summed E-state index contributed by atoms with van der Waals surface area (Å²) in [5.41, 5.74) is 0.414. The zero-order valence-corrected chi connectivity index (χ0v) is 8.61. The Morgan fingerprint density at radius 3 is 2.07 bits per heavy atom. The van der Waals surface area contributed by atoms with Gasteiger partial charge in [-0.25, -0.2) is 9.36 Å². The maximum absolute atomic E-state index is 10.5. The Morgan fingerprint density at radius 2 is 1.86 bits per heavy atom. The van der Waals surface area contributed by atoms with Gasteiger partial charge in [-0.05, 0) is 6.92 Å². The number of phosphoric acid groups is 1. The highest BCUT2D eigenvalue weighted by molar-refractivity contribution is 7.45. The van der Waals surface area contributed by atoms with E-state index >= 15 is 0 Å². The molecule has 0 saturated carbocycles. The molecular weight excluding hydrogens is 211 g/mol. The molecule has 0 spiro atoms. The summed E-state index contributed by atoms with van der Waals surface area (Å²) in [5, 5.41) is 0. The number of hydrogen-bond acceptors (Lipinski definition) is 3. The molecule has 0 bridgehead atoms. The van der Waals surface area contributed by atoms with E-state index in [1.807, 2.05) is 0 Å². The van der Waals surface area contributed by atoms with Crippen LogP contribution in [0.3, 0.4) is 0 Å². The first-order valence-corrected chi connectivity index (χ1v) is 4.96. The number of carbonyl (C=O) groups is 1. The fraction of sp³-hybridized carbons (Fsp3) is 0.286. The Hall–Kier alpha value is -0.940. The van der Waals surface area contributed by atoms with Gasteiger partial charge in [0.2, 0.25) is 0 Å². The minimum Gasteiger partial charge on any atom is -0.458 e. The monoisotopic (exact) mass is 224 g/mol. The molecule has 0 aliphatic heterocycles. The first-order valence-electron chi connectivity index (χ1n) is 3.40. The highest BCUT2D eigenvalue weighted by Gasteiger charge is 2.00. The van der Waals surface area contributed by atoms with E-state index in [9.17, 15) is 4.79 Å².